The second-order valence-electron chi connectivity index (χ2n) is 9.33. The van der Waals surface area contributed by atoms with Gasteiger partial charge in [0.05, 0.1) is 12.6 Å². The number of aliphatic imine (C=N–C) groups is 1. The first-order chi connectivity index (χ1) is 18.5. The third kappa shape index (κ3) is 9.49. The van der Waals surface area contributed by atoms with Crippen molar-refractivity contribution in [3.63, 3.8) is 0 Å². The van der Waals surface area contributed by atoms with Crippen LogP contribution in [0.4, 0.5) is 0 Å². The Morgan fingerprint density at radius 3 is 2.39 bits per heavy atom. The van der Waals surface area contributed by atoms with Crippen LogP contribution in [-0.2, 0) is 0 Å². The first-order valence-electron chi connectivity index (χ1n) is 13.1. The number of nitrogens with zero attached hydrogens (tertiary/aromatic N) is 3. The summed E-state index contributed by atoms with van der Waals surface area (Å²) in [5.74, 6) is 2.25. The summed E-state index contributed by atoms with van der Waals surface area (Å²) in [7, 11) is 0. The fourth-order valence-corrected chi connectivity index (χ4v) is 4.86. The Bertz CT molecular complexity index is 1150. The minimum absolute atomic E-state index is 0.257. The number of hydrogen-bond donors (Lipinski definition) is 1. The fourth-order valence-electron chi connectivity index (χ4n) is 4.67. The van der Waals surface area contributed by atoms with Gasteiger partial charge < -0.3 is 10.2 Å². The van der Waals surface area contributed by atoms with Gasteiger partial charge in [-0.25, -0.2) is 0 Å². The Hall–Kier alpha value is -2.81. The molecule has 200 valence electrons. The number of terminal acetylenes is 1. The molecule has 4 rings (SSSR count). The van der Waals surface area contributed by atoms with Gasteiger partial charge in [0.1, 0.15) is 0 Å². The van der Waals surface area contributed by atoms with Crippen LogP contribution in [-0.4, -0.2) is 61.8 Å². The summed E-state index contributed by atoms with van der Waals surface area (Å²) < 4.78 is 0. The summed E-state index contributed by atoms with van der Waals surface area (Å²) in [4.78, 5) is 9.53. The Morgan fingerprint density at radius 2 is 1.74 bits per heavy atom. The maximum Gasteiger partial charge on any atom is 0.0659 e. The molecule has 2 aliphatic rings. The van der Waals surface area contributed by atoms with Crippen molar-refractivity contribution in [2.45, 2.75) is 26.3 Å². The number of dihydropyridines is 1. The van der Waals surface area contributed by atoms with E-state index in [4.69, 9.17) is 23.2 Å². The minimum atomic E-state index is 0.257. The van der Waals surface area contributed by atoms with E-state index >= 15 is 0 Å². The van der Waals surface area contributed by atoms with Crippen LogP contribution in [0.25, 0.3) is 0 Å². The van der Waals surface area contributed by atoms with Crippen LogP contribution >= 0.6 is 23.2 Å². The lowest BCUT2D eigenvalue weighted by Crippen LogP contribution is -2.48. The zero-order chi connectivity index (χ0) is 27.2. The summed E-state index contributed by atoms with van der Waals surface area (Å²) in [6, 6.07) is 19.4. The summed E-state index contributed by atoms with van der Waals surface area (Å²) in [6.45, 7) is 10.5. The van der Waals surface area contributed by atoms with E-state index in [1.54, 1.807) is 6.92 Å². The number of rotatable bonds is 9. The maximum absolute atomic E-state index is 6.17. The lowest BCUT2D eigenvalue weighted by molar-refractivity contribution is 0.109. The zero-order valence-corrected chi connectivity index (χ0v) is 23.9. The van der Waals surface area contributed by atoms with E-state index in [0.717, 1.165) is 61.4 Å². The number of hydrogen-bond acceptors (Lipinski definition) is 4. The van der Waals surface area contributed by atoms with Gasteiger partial charge in [0.2, 0.25) is 0 Å². The molecule has 4 nitrogen and oxygen atoms in total. The van der Waals surface area contributed by atoms with E-state index in [9.17, 15) is 0 Å². The topological polar surface area (TPSA) is 30.9 Å². The maximum atomic E-state index is 6.17. The van der Waals surface area contributed by atoms with Crippen molar-refractivity contribution in [1.29, 1.82) is 0 Å². The molecular weight excluding hydrogens is 511 g/mol. The molecule has 0 bridgehead atoms. The summed E-state index contributed by atoms with van der Waals surface area (Å²) in [5.41, 5.74) is 4.95. The van der Waals surface area contributed by atoms with Crippen LogP contribution in [0, 0.1) is 12.3 Å². The van der Waals surface area contributed by atoms with Gasteiger partial charge >= 0.3 is 0 Å². The molecule has 2 aromatic carbocycles. The predicted molar refractivity (Wildman–Crippen MR) is 164 cm³/mol. The summed E-state index contributed by atoms with van der Waals surface area (Å²) in [6.07, 6.45) is 13.6. The average molecular weight is 550 g/mol. The van der Waals surface area contributed by atoms with Crippen molar-refractivity contribution in [2.24, 2.45) is 4.99 Å². The molecule has 0 aliphatic carbocycles. The van der Waals surface area contributed by atoms with Gasteiger partial charge in [0.15, 0.2) is 0 Å². The Kier molecular flexibility index (Phi) is 12.7. The second-order valence-corrected chi connectivity index (χ2v) is 10.4. The Balaban J connectivity index is 0.00000127. The first kappa shape index (κ1) is 29.7. The van der Waals surface area contributed by atoms with Crippen molar-refractivity contribution < 1.29 is 0 Å². The highest BCUT2D eigenvalue weighted by Gasteiger charge is 2.26. The van der Waals surface area contributed by atoms with Crippen LogP contribution in [0.15, 0.2) is 94.1 Å². The van der Waals surface area contributed by atoms with Crippen LogP contribution in [0.2, 0.25) is 5.02 Å². The summed E-state index contributed by atoms with van der Waals surface area (Å²) >= 11 is 12.2. The van der Waals surface area contributed by atoms with E-state index < -0.39 is 0 Å². The van der Waals surface area contributed by atoms with Gasteiger partial charge in [-0.1, -0.05) is 71.7 Å². The van der Waals surface area contributed by atoms with E-state index in [1.165, 1.54) is 16.7 Å². The molecule has 1 fully saturated rings. The standard InChI is InChI=1S/C29H34Cl2N4.C3H4/c1-23(30)8-9-26-22-32-16-14-28(26)33-15-5-17-34-18-20-35(21-19-34)29(24-6-3-2-4-7-24)25-10-12-27(31)13-11-25;1-3-2/h2-4,6-14,16,29,33H,5,15,17-22H2,1H3;1H,2H3/b23-8+,26-9+;. The number of allylic oxidation sites excluding steroid dienone is 4. The van der Waals surface area contributed by atoms with E-state index in [0.29, 0.717) is 6.54 Å². The van der Waals surface area contributed by atoms with Gasteiger partial charge in [-0.2, -0.15) is 0 Å². The lowest BCUT2D eigenvalue weighted by Gasteiger charge is -2.40. The van der Waals surface area contributed by atoms with Crippen molar-refractivity contribution >= 4 is 29.4 Å². The number of piperazine rings is 1. The monoisotopic (exact) mass is 548 g/mol. The molecule has 0 saturated carbocycles. The Morgan fingerprint density at radius 1 is 1.08 bits per heavy atom. The van der Waals surface area contributed by atoms with E-state index in [1.807, 2.05) is 37.4 Å². The number of benzene rings is 2. The highest BCUT2D eigenvalue weighted by Crippen LogP contribution is 2.30. The Labute approximate surface area is 238 Å². The zero-order valence-electron chi connectivity index (χ0n) is 22.4. The quantitative estimate of drug-likeness (QED) is 0.279. The van der Waals surface area contributed by atoms with E-state index in [2.05, 4.69) is 81.0 Å². The van der Waals surface area contributed by atoms with Gasteiger partial charge in [0.25, 0.3) is 0 Å². The van der Waals surface area contributed by atoms with Gasteiger partial charge in [0, 0.05) is 54.7 Å². The predicted octanol–water partition coefficient (Wildman–Crippen LogP) is 6.70. The highest BCUT2D eigenvalue weighted by molar-refractivity contribution is 6.30. The minimum Gasteiger partial charge on any atom is -0.385 e. The molecule has 1 N–H and O–H groups in total. The molecule has 0 spiro atoms. The van der Waals surface area contributed by atoms with Crippen LogP contribution in [0.5, 0.6) is 0 Å². The molecule has 6 heteroatoms. The smallest absolute Gasteiger partial charge is 0.0659 e. The van der Waals surface area contributed by atoms with Crippen LogP contribution in [0.3, 0.4) is 0 Å². The van der Waals surface area contributed by atoms with Crippen molar-refractivity contribution in [3.8, 4) is 12.3 Å². The number of halogens is 2. The molecule has 1 saturated heterocycles. The van der Waals surface area contributed by atoms with Gasteiger partial charge in [-0.3, -0.25) is 9.89 Å². The normalized spacial score (nSPS) is 18.2. The second kappa shape index (κ2) is 16.2. The molecule has 2 aromatic rings. The lowest BCUT2D eigenvalue weighted by atomic mass is 9.96. The van der Waals surface area contributed by atoms with Gasteiger partial charge in [-0.15, -0.1) is 12.3 Å². The molecular formula is C32H38Cl2N4. The summed E-state index contributed by atoms with van der Waals surface area (Å²) in [5, 5.41) is 5.15. The van der Waals surface area contributed by atoms with Crippen molar-refractivity contribution in [2.75, 3.05) is 45.8 Å². The van der Waals surface area contributed by atoms with Gasteiger partial charge in [-0.05, 0) is 67.8 Å². The molecule has 1 unspecified atom stereocenters. The molecule has 2 heterocycles. The number of nitrogens with one attached hydrogen (secondary N) is 1. The van der Waals surface area contributed by atoms with Crippen molar-refractivity contribution in [3.05, 3.63) is 105 Å². The highest BCUT2D eigenvalue weighted by atomic mass is 35.5. The third-order valence-electron chi connectivity index (χ3n) is 6.51. The average Bonchev–Trinajstić information content (AvgIpc) is 2.93. The molecule has 38 heavy (non-hydrogen) atoms. The third-order valence-corrected chi connectivity index (χ3v) is 6.89. The molecule has 0 amide bonds. The molecule has 2 aliphatic heterocycles. The first-order valence-corrected chi connectivity index (χ1v) is 13.9. The van der Waals surface area contributed by atoms with Crippen LogP contribution in [0.1, 0.15) is 37.4 Å². The molecule has 0 aromatic heterocycles. The van der Waals surface area contributed by atoms with Crippen LogP contribution < -0.4 is 5.32 Å². The fraction of sp³-hybridized carbons (Fsp3) is 0.344. The molecule has 0 radical (unpaired) electrons. The largest absolute Gasteiger partial charge is 0.385 e. The molecule has 1 atom stereocenters. The van der Waals surface area contributed by atoms with Crippen molar-refractivity contribution in [1.82, 2.24) is 15.1 Å². The van der Waals surface area contributed by atoms with E-state index in [-0.39, 0.29) is 6.04 Å². The SMILES string of the molecule is C#CC.C/C(Cl)=C\C=C1/CN=CC=C1NCCCN1CCN(C(c2ccccc2)c2ccc(Cl)cc2)CC1.